The summed E-state index contributed by atoms with van der Waals surface area (Å²) >= 11 is 0. The van der Waals surface area contributed by atoms with Crippen molar-refractivity contribution >= 4 is 17.7 Å². The molecule has 1 aromatic carbocycles. The van der Waals surface area contributed by atoms with E-state index in [0.717, 1.165) is 29.5 Å². The van der Waals surface area contributed by atoms with Crippen LogP contribution in [0.4, 0.5) is 30.7 Å². The number of rotatable bonds is 4. The van der Waals surface area contributed by atoms with E-state index in [-0.39, 0.29) is 17.2 Å². The van der Waals surface area contributed by atoms with Gasteiger partial charge in [0.1, 0.15) is 6.33 Å². The van der Waals surface area contributed by atoms with Gasteiger partial charge in [0.25, 0.3) is 5.91 Å². The fourth-order valence-corrected chi connectivity index (χ4v) is 2.54. The van der Waals surface area contributed by atoms with Gasteiger partial charge < -0.3 is 5.73 Å². The maximum absolute atomic E-state index is 13.3. The van der Waals surface area contributed by atoms with Crippen LogP contribution in [-0.2, 0) is 17.1 Å². The van der Waals surface area contributed by atoms with E-state index in [1.54, 1.807) is 0 Å². The molecule has 0 aliphatic carbocycles. The van der Waals surface area contributed by atoms with Crippen molar-refractivity contribution in [2.24, 2.45) is 5.73 Å². The van der Waals surface area contributed by atoms with Gasteiger partial charge in [0.05, 0.1) is 16.7 Å². The zero-order chi connectivity index (χ0) is 23.0. The van der Waals surface area contributed by atoms with E-state index in [2.05, 4.69) is 15.1 Å². The van der Waals surface area contributed by atoms with Gasteiger partial charge in [-0.2, -0.15) is 30.7 Å². The first-order chi connectivity index (χ1) is 14.3. The Labute approximate surface area is 168 Å². The molecule has 0 atom stereocenters. The van der Waals surface area contributed by atoms with Gasteiger partial charge >= 0.3 is 12.4 Å². The summed E-state index contributed by atoms with van der Waals surface area (Å²) in [5.41, 5.74) is 1.41. The molecule has 0 aliphatic rings. The molecule has 2 N–H and O–H groups in total. The lowest BCUT2D eigenvalue weighted by Gasteiger charge is -2.13. The average molecular weight is 445 g/mol. The molecule has 0 unspecified atom stereocenters. The molecular weight excluding hydrogens is 435 g/mol. The lowest BCUT2D eigenvalue weighted by Crippen LogP contribution is -2.14. The maximum atomic E-state index is 13.3. The first kappa shape index (κ1) is 21.9. The highest BCUT2D eigenvalue weighted by Gasteiger charge is 2.37. The Hall–Kier alpha value is -3.77. The van der Waals surface area contributed by atoms with Crippen LogP contribution in [0.1, 0.15) is 16.7 Å². The zero-order valence-corrected chi connectivity index (χ0v) is 15.0. The van der Waals surface area contributed by atoms with Crippen molar-refractivity contribution < 1.29 is 35.5 Å². The van der Waals surface area contributed by atoms with Crippen LogP contribution >= 0.6 is 0 Å². The zero-order valence-electron chi connectivity index (χ0n) is 15.0. The van der Waals surface area contributed by atoms with Gasteiger partial charge in [0.2, 0.25) is 5.95 Å². The van der Waals surface area contributed by atoms with Gasteiger partial charge in [-0.3, -0.25) is 4.79 Å². The molecule has 0 spiro atoms. The molecule has 3 rings (SSSR count). The summed E-state index contributed by atoms with van der Waals surface area (Å²) < 4.78 is 92.3. The van der Waals surface area contributed by atoms with Crippen LogP contribution in [-0.4, -0.2) is 25.7 Å². The van der Waals surface area contributed by atoms with Crippen LogP contribution < -0.4 is 5.73 Å². The molecular formula is C18H10F7N5O. The van der Waals surface area contributed by atoms with Crippen LogP contribution in [0.25, 0.3) is 23.2 Å². The fourth-order valence-electron chi connectivity index (χ4n) is 2.54. The molecule has 31 heavy (non-hydrogen) atoms. The number of nitrogens with two attached hydrogens (primary N) is 1. The first-order valence-electron chi connectivity index (χ1n) is 8.19. The highest BCUT2D eigenvalue weighted by molar-refractivity contribution is 6.22. The number of alkyl halides is 6. The molecule has 0 saturated heterocycles. The van der Waals surface area contributed by atoms with Crippen molar-refractivity contribution in [2.75, 3.05) is 0 Å². The number of halogens is 7. The van der Waals surface area contributed by atoms with Gasteiger partial charge in [0.15, 0.2) is 5.82 Å². The van der Waals surface area contributed by atoms with Crippen LogP contribution in [0.3, 0.4) is 0 Å². The Bertz CT molecular complexity index is 1130. The minimum atomic E-state index is -5.04. The summed E-state index contributed by atoms with van der Waals surface area (Å²) in [7, 11) is 0. The van der Waals surface area contributed by atoms with Crippen LogP contribution in [0, 0.1) is 5.95 Å². The van der Waals surface area contributed by atoms with Gasteiger partial charge in [-0.05, 0) is 29.8 Å². The Balaban J connectivity index is 2.07. The Morgan fingerprint density at radius 1 is 0.968 bits per heavy atom. The van der Waals surface area contributed by atoms with Crippen molar-refractivity contribution in [1.29, 1.82) is 0 Å². The Morgan fingerprint density at radius 3 is 2.10 bits per heavy atom. The third-order valence-electron chi connectivity index (χ3n) is 3.92. The minimum absolute atomic E-state index is 0.0236. The number of primary amides is 1. The predicted molar refractivity (Wildman–Crippen MR) is 93.0 cm³/mol. The van der Waals surface area contributed by atoms with E-state index in [4.69, 9.17) is 5.73 Å². The van der Waals surface area contributed by atoms with E-state index >= 15 is 0 Å². The number of amides is 1. The Morgan fingerprint density at radius 2 is 1.58 bits per heavy atom. The standard InChI is InChI=1S/C18H10F7N5O/c19-14-5-9(1-2-27-14)13(15(26)31)7-30-8-28-16(29-30)10-3-11(17(20,21)22)6-12(4-10)18(23,24)25/h1-8H,(H2,26,31)/b13-7-. The quantitative estimate of drug-likeness (QED) is 0.374. The molecule has 0 fully saturated rings. The number of hydrogen-bond donors (Lipinski definition) is 1. The molecule has 3 aromatic rings. The second-order valence-electron chi connectivity index (χ2n) is 6.12. The molecule has 0 saturated carbocycles. The van der Waals surface area contributed by atoms with E-state index in [1.807, 2.05) is 0 Å². The largest absolute Gasteiger partial charge is 0.416 e. The summed E-state index contributed by atoms with van der Waals surface area (Å²) in [5.74, 6) is -2.38. The highest BCUT2D eigenvalue weighted by Crippen LogP contribution is 2.38. The number of carbonyl (C=O) groups is 1. The SMILES string of the molecule is NC(=O)/C(=C\n1cnc(-c2cc(C(F)(F)F)cc(C(F)(F)F)c2)n1)c1ccnc(F)c1. The van der Waals surface area contributed by atoms with Crippen LogP contribution in [0.2, 0.25) is 0 Å². The topological polar surface area (TPSA) is 86.7 Å². The molecule has 2 heterocycles. The van der Waals surface area contributed by atoms with E-state index in [0.29, 0.717) is 12.1 Å². The van der Waals surface area contributed by atoms with Crippen molar-refractivity contribution in [3.63, 3.8) is 0 Å². The number of carbonyl (C=O) groups excluding carboxylic acids is 1. The van der Waals surface area contributed by atoms with Gasteiger partial charge in [-0.15, -0.1) is 5.10 Å². The Kier molecular flexibility index (Phi) is 5.53. The summed E-state index contributed by atoms with van der Waals surface area (Å²) in [5, 5.41) is 3.77. The number of nitrogens with zero attached hydrogens (tertiary/aromatic N) is 4. The predicted octanol–water partition coefficient (Wildman–Crippen LogP) is 4.00. The van der Waals surface area contributed by atoms with Crippen LogP contribution in [0.15, 0.2) is 42.9 Å². The van der Waals surface area contributed by atoms with Gasteiger partial charge in [0, 0.05) is 24.0 Å². The van der Waals surface area contributed by atoms with Gasteiger partial charge in [-0.1, -0.05) is 0 Å². The monoisotopic (exact) mass is 445 g/mol. The van der Waals surface area contributed by atoms with Crippen molar-refractivity contribution in [2.45, 2.75) is 12.4 Å². The molecule has 13 heteroatoms. The van der Waals surface area contributed by atoms with Crippen LogP contribution in [0.5, 0.6) is 0 Å². The normalized spacial score (nSPS) is 12.8. The highest BCUT2D eigenvalue weighted by atomic mass is 19.4. The molecule has 0 bridgehead atoms. The van der Waals surface area contributed by atoms with Crippen molar-refractivity contribution in [3.05, 3.63) is 65.5 Å². The first-order valence-corrected chi connectivity index (χ1v) is 8.19. The number of pyridine rings is 1. The molecule has 6 nitrogen and oxygen atoms in total. The van der Waals surface area contributed by atoms with Crippen molar-refractivity contribution in [1.82, 2.24) is 19.7 Å². The molecule has 1 amide bonds. The lowest BCUT2D eigenvalue weighted by atomic mass is 10.0. The number of benzene rings is 1. The summed E-state index contributed by atoms with van der Waals surface area (Å²) in [4.78, 5) is 18.7. The average Bonchev–Trinajstić information content (AvgIpc) is 3.13. The third-order valence-corrected chi connectivity index (χ3v) is 3.92. The maximum Gasteiger partial charge on any atom is 0.416 e. The van der Waals surface area contributed by atoms with Gasteiger partial charge in [-0.25, -0.2) is 14.6 Å². The number of hydrogen-bond acceptors (Lipinski definition) is 4. The molecule has 0 radical (unpaired) electrons. The summed E-state index contributed by atoms with van der Waals surface area (Å²) in [6.07, 6.45) is -7.09. The minimum Gasteiger partial charge on any atom is -0.366 e. The lowest BCUT2D eigenvalue weighted by molar-refractivity contribution is -0.143. The van der Waals surface area contributed by atoms with E-state index in [9.17, 15) is 35.5 Å². The molecule has 2 aromatic heterocycles. The molecule has 162 valence electrons. The smallest absolute Gasteiger partial charge is 0.366 e. The van der Waals surface area contributed by atoms with E-state index in [1.165, 1.54) is 6.07 Å². The third kappa shape index (κ3) is 5.05. The number of aromatic nitrogens is 4. The summed E-state index contributed by atoms with van der Waals surface area (Å²) in [6.45, 7) is 0. The summed E-state index contributed by atoms with van der Waals surface area (Å²) in [6, 6.07) is 3.07. The fraction of sp³-hybridized carbons (Fsp3) is 0.111. The second-order valence-corrected chi connectivity index (χ2v) is 6.12. The van der Waals surface area contributed by atoms with Crippen molar-refractivity contribution in [3.8, 4) is 11.4 Å². The second kappa shape index (κ2) is 7.81. The van der Waals surface area contributed by atoms with E-state index < -0.39 is 46.7 Å². The molecule has 0 aliphatic heterocycles.